The maximum Gasteiger partial charge on any atom is 0.165 e. The van der Waals surface area contributed by atoms with E-state index in [0.29, 0.717) is 35.1 Å². The fourth-order valence-corrected chi connectivity index (χ4v) is 2.47. The second-order valence-electron chi connectivity index (χ2n) is 5.02. The molecule has 5 heteroatoms. The van der Waals surface area contributed by atoms with Crippen molar-refractivity contribution in [3.63, 3.8) is 0 Å². The average Bonchev–Trinajstić information content (AvgIpc) is 2.84. The van der Waals surface area contributed by atoms with Gasteiger partial charge in [-0.05, 0) is 38.2 Å². The molecule has 0 aliphatic carbocycles. The molecule has 0 saturated heterocycles. The average molecular weight is 326 g/mol. The molecule has 0 aliphatic rings. The third-order valence-electron chi connectivity index (χ3n) is 3.19. The first-order valence-corrected chi connectivity index (χ1v) is 7.44. The molecule has 2 aromatic rings. The van der Waals surface area contributed by atoms with Crippen LogP contribution < -0.4 is 0 Å². The second-order valence-corrected chi connectivity index (χ2v) is 5.81. The topological polar surface area (TPSA) is 33.5 Å². The van der Waals surface area contributed by atoms with Gasteiger partial charge in [0.05, 0.1) is 16.6 Å². The van der Waals surface area contributed by atoms with Gasteiger partial charge in [-0.15, -0.1) is 0 Å². The SMILES string of the molecule is Cc1ccc(CN(C)CCC(=O)c2cccc(Cl)c2Cl)o1. The summed E-state index contributed by atoms with van der Waals surface area (Å²) in [5.41, 5.74) is 0.478. The zero-order valence-electron chi connectivity index (χ0n) is 12.0. The Kier molecular flexibility index (Phi) is 5.45. The minimum atomic E-state index is -0.00928. The van der Waals surface area contributed by atoms with E-state index < -0.39 is 0 Å². The lowest BCUT2D eigenvalue weighted by Crippen LogP contribution is -2.21. The highest BCUT2D eigenvalue weighted by atomic mass is 35.5. The molecule has 0 atom stereocenters. The molecule has 0 N–H and O–H groups in total. The van der Waals surface area contributed by atoms with Crippen LogP contribution in [0.15, 0.2) is 34.7 Å². The Morgan fingerprint density at radius 2 is 2.00 bits per heavy atom. The van der Waals surface area contributed by atoms with E-state index in [2.05, 4.69) is 0 Å². The lowest BCUT2D eigenvalue weighted by Gasteiger charge is -2.14. The standard InChI is InChI=1S/C16H17Cl2NO2/c1-11-6-7-12(21-11)10-19(2)9-8-15(20)13-4-3-5-14(17)16(13)18/h3-7H,8-10H2,1-2H3. The molecule has 0 unspecified atom stereocenters. The first-order chi connectivity index (χ1) is 9.97. The lowest BCUT2D eigenvalue weighted by atomic mass is 10.1. The molecular weight excluding hydrogens is 309 g/mol. The van der Waals surface area contributed by atoms with E-state index in [4.69, 9.17) is 27.6 Å². The van der Waals surface area contributed by atoms with E-state index in [1.165, 1.54) is 0 Å². The van der Waals surface area contributed by atoms with Gasteiger partial charge in [-0.1, -0.05) is 29.3 Å². The van der Waals surface area contributed by atoms with Gasteiger partial charge in [-0.3, -0.25) is 9.69 Å². The van der Waals surface area contributed by atoms with Gasteiger partial charge >= 0.3 is 0 Å². The number of carbonyl (C=O) groups excluding carboxylic acids is 1. The van der Waals surface area contributed by atoms with Gasteiger partial charge in [-0.2, -0.15) is 0 Å². The van der Waals surface area contributed by atoms with E-state index in [9.17, 15) is 4.79 Å². The number of benzene rings is 1. The third kappa shape index (κ3) is 4.34. The number of hydrogen-bond donors (Lipinski definition) is 0. The molecule has 3 nitrogen and oxygen atoms in total. The van der Waals surface area contributed by atoms with Crippen molar-refractivity contribution in [2.45, 2.75) is 19.9 Å². The third-order valence-corrected chi connectivity index (χ3v) is 4.01. The van der Waals surface area contributed by atoms with Gasteiger partial charge in [0.1, 0.15) is 11.5 Å². The van der Waals surface area contributed by atoms with Crippen LogP contribution in [0.2, 0.25) is 10.0 Å². The molecular formula is C16H17Cl2NO2. The molecule has 0 spiro atoms. The molecule has 0 radical (unpaired) electrons. The molecule has 0 aliphatic heterocycles. The molecule has 0 bridgehead atoms. The highest BCUT2D eigenvalue weighted by Gasteiger charge is 2.13. The van der Waals surface area contributed by atoms with Crippen LogP contribution in [-0.4, -0.2) is 24.3 Å². The van der Waals surface area contributed by atoms with Crippen molar-refractivity contribution < 1.29 is 9.21 Å². The number of Topliss-reactive ketones (excluding diaryl/α,β-unsaturated/α-hetero) is 1. The number of furan rings is 1. The predicted octanol–water partition coefficient (Wildman–Crippen LogP) is 4.60. The lowest BCUT2D eigenvalue weighted by molar-refractivity contribution is 0.0966. The van der Waals surface area contributed by atoms with Crippen LogP contribution >= 0.6 is 23.2 Å². The number of aryl methyl sites for hydroxylation is 1. The molecule has 1 aromatic heterocycles. The summed E-state index contributed by atoms with van der Waals surface area (Å²) < 4.78 is 5.52. The van der Waals surface area contributed by atoms with Crippen molar-refractivity contribution >= 4 is 29.0 Å². The number of carbonyl (C=O) groups is 1. The Labute approximate surface area is 134 Å². The van der Waals surface area contributed by atoms with E-state index in [0.717, 1.165) is 11.5 Å². The molecule has 112 valence electrons. The van der Waals surface area contributed by atoms with Crippen molar-refractivity contribution in [2.24, 2.45) is 0 Å². The number of nitrogens with zero attached hydrogens (tertiary/aromatic N) is 1. The monoisotopic (exact) mass is 325 g/mol. The Hall–Kier alpha value is -1.29. The summed E-state index contributed by atoms with van der Waals surface area (Å²) in [7, 11) is 1.95. The molecule has 0 fully saturated rings. The van der Waals surface area contributed by atoms with Crippen LogP contribution in [0.3, 0.4) is 0 Å². The summed E-state index contributed by atoms with van der Waals surface area (Å²) in [6, 6.07) is 8.98. The summed E-state index contributed by atoms with van der Waals surface area (Å²) >= 11 is 12.0. The maximum atomic E-state index is 12.2. The first-order valence-electron chi connectivity index (χ1n) is 6.68. The summed E-state index contributed by atoms with van der Waals surface area (Å²) in [5, 5.41) is 0.732. The van der Waals surface area contributed by atoms with Crippen LogP contribution in [0.5, 0.6) is 0 Å². The van der Waals surface area contributed by atoms with Crippen molar-refractivity contribution in [3.05, 3.63) is 57.5 Å². The number of rotatable bonds is 6. The fourth-order valence-electron chi connectivity index (χ4n) is 2.06. The molecule has 1 aromatic carbocycles. The van der Waals surface area contributed by atoms with Gasteiger partial charge < -0.3 is 4.42 Å². The molecule has 2 rings (SSSR count). The van der Waals surface area contributed by atoms with Crippen LogP contribution in [0.1, 0.15) is 28.3 Å². The van der Waals surface area contributed by atoms with Gasteiger partial charge in [0.15, 0.2) is 5.78 Å². The molecule has 21 heavy (non-hydrogen) atoms. The van der Waals surface area contributed by atoms with E-state index in [1.807, 2.05) is 31.0 Å². The summed E-state index contributed by atoms with van der Waals surface area (Å²) in [4.78, 5) is 14.2. The maximum absolute atomic E-state index is 12.2. The number of hydrogen-bond acceptors (Lipinski definition) is 3. The normalized spacial score (nSPS) is 11.1. The minimum absolute atomic E-state index is 0.00928. The Balaban J connectivity index is 1.90. The van der Waals surface area contributed by atoms with E-state index in [-0.39, 0.29) is 5.78 Å². The van der Waals surface area contributed by atoms with Crippen molar-refractivity contribution in [2.75, 3.05) is 13.6 Å². The fraction of sp³-hybridized carbons (Fsp3) is 0.312. The Bertz CT molecular complexity index is 637. The predicted molar refractivity (Wildman–Crippen MR) is 85.2 cm³/mol. The van der Waals surface area contributed by atoms with Gasteiger partial charge in [0, 0.05) is 18.5 Å². The molecule has 1 heterocycles. The van der Waals surface area contributed by atoms with E-state index in [1.54, 1.807) is 18.2 Å². The highest BCUT2D eigenvalue weighted by molar-refractivity contribution is 6.43. The Morgan fingerprint density at radius 3 is 2.67 bits per heavy atom. The molecule has 0 saturated carbocycles. The first kappa shape index (κ1) is 16.1. The van der Waals surface area contributed by atoms with Gasteiger partial charge in [-0.25, -0.2) is 0 Å². The van der Waals surface area contributed by atoms with E-state index >= 15 is 0 Å². The van der Waals surface area contributed by atoms with Crippen molar-refractivity contribution in [3.8, 4) is 0 Å². The quantitative estimate of drug-likeness (QED) is 0.728. The van der Waals surface area contributed by atoms with Crippen LogP contribution in [0.25, 0.3) is 0 Å². The molecule has 0 amide bonds. The van der Waals surface area contributed by atoms with Crippen LogP contribution in [0.4, 0.5) is 0 Å². The Morgan fingerprint density at radius 1 is 1.24 bits per heavy atom. The summed E-state index contributed by atoms with van der Waals surface area (Å²) in [6.07, 6.45) is 0.385. The summed E-state index contributed by atoms with van der Waals surface area (Å²) in [5.74, 6) is 1.77. The van der Waals surface area contributed by atoms with Crippen molar-refractivity contribution in [1.29, 1.82) is 0 Å². The number of ketones is 1. The van der Waals surface area contributed by atoms with Crippen LogP contribution in [-0.2, 0) is 6.54 Å². The van der Waals surface area contributed by atoms with Crippen LogP contribution in [0, 0.1) is 6.92 Å². The minimum Gasteiger partial charge on any atom is -0.465 e. The van der Waals surface area contributed by atoms with Gasteiger partial charge in [0.25, 0.3) is 0 Å². The van der Waals surface area contributed by atoms with Crippen molar-refractivity contribution in [1.82, 2.24) is 4.90 Å². The highest BCUT2D eigenvalue weighted by Crippen LogP contribution is 2.26. The smallest absolute Gasteiger partial charge is 0.165 e. The zero-order chi connectivity index (χ0) is 15.4. The number of halogens is 2. The summed E-state index contributed by atoms with van der Waals surface area (Å²) in [6.45, 7) is 3.21. The second kappa shape index (κ2) is 7.12. The van der Waals surface area contributed by atoms with Gasteiger partial charge in [0.2, 0.25) is 0 Å². The zero-order valence-corrected chi connectivity index (χ0v) is 13.5. The largest absolute Gasteiger partial charge is 0.465 e.